The van der Waals surface area contributed by atoms with Gasteiger partial charge in [0.15, 0.2) is 23.2 Å². The van der Waals surface area contributed by atoms with Gasteiger partial charge in [-0.3, -0.25) is 4.79 Å². The number of methoxy groups -OCH3 is 1. The predicted molar refractivity (Wildman–Crippen MR) is 118 cm³/mol. The first-order valence-electron chi connectivity index (χ1n) is 11.2. The maximum Gasteiger partial charge on any atom is 0.331 e. The fraction of sp³-hybridized carbons (Fsp3) is 0.696. The fourth-order valence-corrected chi connectivity index (χ4v) is 3.63. The monoisotopic (exact) mass is 452 g/mol. The summed E-state index contributed by atoms with van der Waals surface area (Å²) in [6, 6.07) is 0.381. The molecule has 0 aromatic carbocycles. The Morgan fingerprint density at radius 1 is 1.38 bits per heavy atom. The van der Waals surface area contributed by atoms with Gasteiger partial charge in [0.05, 0.1) is 26.4 Å². The smallest absolute Gasteiger partial charge is 0.331 e. The Bertz CT molecular complexity index is 756. The number of nitrogens with one attached hydrogen (secondary N) is 1. The van der Waals surface area contributed by atoms with Gasteiger partial charge in [-0.05, 0) is 25.7 Å². The van der Waals surface area contributed by atoms with Crippen LogP contribution in [-0.2, 0) is 19.0 Å². The number of hydrogen-bond donors (Lipinski definition) is 2. The highest BCUT2D eigenvalue weighted by atomic mass is 16.6. The molecule has 1 aromatic heterocycles. The standard InChI is InChI=1S/C23H36N2O7/c1-6-11-31-21-15(4)32-23(28)17(13-30-12-16(21)8-7-14(2)3)25-22(27)19-20(26)18(29-5)9-10-24-19/h9-10,14-17,21,26H,6-8,11-13H2,1-5H3,(H,25,27). The Labute approximate surface area is 189 Å². The van der Waals surface area contributed by atoms with Crippen molar-refractivity contribution in [3.05, 3.63) is 18.0 Å². The molecule has 4 unspecified atom stereocenters. The predicted octanol–water partition coefficient (Wildman–Crippen LogP) is 2.70. The molecule has 1 aliphatic rings. The number of aromatic hydroxyl groups is 1. The molecule has 1 amide bonds. The van der Waals surface area contributed by atoms with E-state index in [-0.39, 0.29) is 30.1 Å². The van der Waals surface area contributed by atoms with E-state index in [2.05, 4.69) is 24.1 Å². The molecule has 2 N–H and O–H groups in total. The molecular formula is C23H36N2O7. The summed E-state index contributed by atoms with van der Waals surface area (Å²) in [6.07, 6.45) is 3.27. The Morgan fingerprint density at radius 2 is 2.12 bits per heavy atom. The number of carbonyl (C=O) groups is 2. The molecule has 9 nitrogen and oxygen atoms in total. The van der Waals surface area contributed by atoms with Crippen LogP contribution in [0.4, 0.5) is 0 Å². The van der Waals surface area contributed by atoms with Gasteiger partial charge in [0.1, 0.15) is 6.10 Å². The lowest BCUT2D eigenvalue weighted by Gasteiger charge is -2.31. The van der Waals surface area contributed by atoms with Crippen molar-refractivity contribution in [1.82, 2.24) is 10.3 Å². The first kappa shape index (κ1) is 25.9. The first-order valence-corrected chi connectivity index (χ1v) is 11.2. The number of ether oxygens (including phenoxy) is 4. The third-order valence-electron chi connectivity index (χ3n) is 5.39. The number of esters is 1. The van der Waals surface area contributed by atoms with Crippen LogP contribution < -0.4 is 10.1 Å². The van der Waals surface area contributed by atoms with E-state index < -0.39 is 29.8 Å². The molecular weight excluding hydrogens is 416 g/mol. The summed E-state index contributed by atoms with van der Waals surface area (Å²) in [7, 11) is 1.37. The minimum absolute atomic E-state index is 0.0549. The molecule has 2 heterocycles. The zero-order valence-corrected chi connectivity index (χ0v) is 19.6. The van der Waals surface area contributed by atoms with Crippen molar-refractivity contribution in [2.75, 3.05) is 26.9 Å². The molecule has 32 heavy (non-hydrogen) atoms. The molecule has 4 atom stereocenters. The molecule has 2 rings (SSSR count). The van der Waals surface area contributed by atoms with Crippen LogP contribution in [0.25, 0.3) is 0 Å². The van der Waals surface area contributed by atoms with Gasteiger partial charge in [-0.15, -0.1) is 0 Å². The lowest BCUT2D eigenvalue weighted by molar-refractivity contribution is -0.160. The topological polar surface area (TPSA) is 116 Å². The molecule has 9 heteroatoms. The largest absolute Gasteiger partial charge is 0.503 e. The van der Waals surface area contributed by atoms with Crippen LogP contribution in [0.3, 0.4) is 0 Å². The summed E-state index contributed by atoms with van der Waals surface area (Å²) in [4.78, 5) is 29.4. The molecule has 0 spiro atoms. The zero-order chi connectivity index (χ0) is 23.7. The van der Waals surface area contributed by atoms with Crippen molar-refractivity contribution in [2.24, 2.45) is 11.8 Å². The second-order valence-electron chi connectivity index (χ2n) is 8.48. The maximum atomic E-state index is 12.8. The number of aromatic nitrogens is 1. The molecule has 0 radical (unpaired) electrons. The molecule has 1 aromatic rings. The van der Waals surface area contributed by atoms with E-state index in [4.69, 9.17) is 18.9 Å². The van der Waals surface area contributed by atoms with E-state index in [1.807, 2.05) is 6.92 Å². The van der Waals surface area contributed by atoms with Gasteiger partial charge in [-0.2, -0.15) is 0 Å². The van der Waals surface area contributed by atoms with Gasteiger partial charge in [-0.1, -0.05) is 27.2 Å². The molecule has 0 bridgehead atoms. The van der Waals surface area contributed by atoms with Gasteiger partial charge in [0.2, 0.25) is 0 Å². The lowest BCUT2D eigenvalue weighted by Crippen LogP contribution is -2.46. The number of nitrogens with zero attached hydrogens (tertiary/aromatic N) is 1. The fourth-order valence-electron chi connectivity index (χ4n) is 3.63. The second-order valence-corrected chi connectivity index (χ2v) is 8.48. The maximum absolute atomic E-state index is 12.8. The second kappa shape index (κ2) is 12.6. The van der Waals surface area contributed by atoms with Crippen molar-refractivity contribution < 1.29 is 33.6 Å². The number of rotatable bonds is 9. The number of carbonyl (C=O) groups excluding carboxylic acids is 2. The average molecular weight is 453 g/mol. The molecule has 1 fully saturated rings. The van der Waals surface area contributed by atoms with Crippen molar-refractivity contribution in [3.8, 4) is 11.5 Å². The minimum Gasteiger partial charge on any atom is -0.503 e. The summed E-state index contributed by atoms with van der Waals surface area (Å²) >= 11 is 0. The van der Waals surface area contributed by atoms with Gasteiger partial charge in [-0.25, -0.2) is 9.78 Å². The van der Waals surface area contributed by atoms with Crippen molar-refractivity contribution in [3.63, 3.8) is 0 Å². The lowest BCUT2D eigenvalue weighted by atomic mass is 9.91. The van der Waals surface area contributed by atoms with Crippen LogP contribution in [0.2, 0.25) is 0 Å². The highest BCUT2D eigenvalue weighted by Crippen LogP contribution is 2.28. The number of pyridine rings is 1. The molecule has 1 saturated heterocycles. The SMILES string of the molecule is CCCOC1C(CCC(C)C)COCC(NC(=O)c2nccc(OC)c2O)C(=O)OC1C. The van der Waals surface area contributed by atoms with Crippen molar-refractivity contribution in [2.45, 2.75) is 65.2 Å². The van der Waals surface area contributed by atoms with E-state index in [1.54, 1.807) is 6.92 Å². The van der Waals surface area contributed by atoms with E-state index in [0.29, 0.717) is 19.1 Å². The Hall–Kier alpha value is -2.39. The highest BCUT2D eigenvalue weighted by Gasteiger charge is 2.35. The summed E-state index contributed by atoms with van der Waals surface area (Å²) in [6.45, 7) is 9.05. The van der Waals surface area contributed by atoms with E-state index in [9.17, 15) is 14.7 Å². The van der Waals surface area contributed by atoms with E-state index >= 15 is 0 Å². The van der Waals surface area contributed by atoms with Crippen LogP contribution in [0, 0.1) is 11.8 Å². The molecule has 0 saturated carbocycles. The van der Waals surface area contributed by atoms with Gasteiger partial charge in [0, 0.05) is 24.8 Å². The minimum atomic E-state index is -1.05. The Kier molecular flexibility index (Phi) is 10.2. The molecule has 180 valence electrons. The number of cyclic esters (lactones) is 1. The van der Waals surface area contributed by atoms with Crippen molar-refractivity contribution in [1.29, 1.82) is 0 Å². The van der Waals surface area contributed by atoms with Crippen LogP contribution in [0.5, 0.6) is 11.5 Å². The van der Waals surface area contributed by atoms with Crippen LogP contribution in [-0.4, -0.2) is 67.1 Å². The third-order valence-corrected chi connectivity index (χ3v) is 5.39. The Balaban J connectivity index is 2.16. The van der Waals surface area contributed by atoms with Gasteiger partial charge in [0.25, 0.3) is 5.91 Å². The number of hydrogen-bond acceptors (Lipinski definition) is 8. The van der Waals surface area contributed by atoms with Gasteiger partial charge < -0.3 is 29.4 Å². The van der Waals surface area contributed by atoms with Crippen LogP contribution in [0.15, 0.2) is 12.3 Å². The summed E-state index contributed by atoms with van der Waals surface area (Å²) in [5.74, 6) is -1.06. The average Bonchev–Trinajstić information content (AvgIpc) is 2.80. The summed E-state index contributed by atoms with van der Waals surface area (Å²) < 4.78 is 22.6. The van der Waals surface area contributed by atoms with Crippen LogP contribution >= 0.6 is 0 Å². The quantitative estimate of drug-likeness (QED) is 0.550. The number of amides is 1. The zero-order valence-electron chi connectivity index (χ0n) is 19.6. The normalized spacial score (nSPS) is 24.2. The van der Waals surface area contributed by atoms with E-state index in [1.165, 1.54) is 19.4 Å². The molecule has 0 aliphatic carbocycles. The van der Waals surface area contributed by atoms with Crippen molar-refractivity contribution >= 4 is 11.9 Å². The third kappa shape index (κ3) is 7.06. The first-order chi connectivity index (χ1) is 15.3. The molecule has 1 aliphatic heterocycles. The summed E-state index contributed by atoms with van der Waals surface area (Å²) in [5, 5.41) is 12.7. The van der Waals surface area contributed by atoms with E-state index in [0.717, 1.165) is 19.3 Å². The highest BCUT2D eigenvalue weighted by molar-refractivity contribution is 5.98. The van der Waals surface area contributed by atoms with Gasteiger partial charge >= 0.3 is 5.97 Å². The van der Waals surface area contributed by atoms with Crippen LogP contribution in [0.1, 0.15) is 57.4 Å². The summed E-state index contributed by atoms with van der Waals surface area (Å²) in [5.41, 5.74) is -0.246. The Morgan fingerprint density at radius 3 is 2.78 bits per heavy atom.